The highest BCUT2D eigenvalue weighted by Crippen LogP contribution is 2.20. The molecule has 1 aromatic carbocycles. The van der Waals surface area contributed by atoms with E-state index in [1.54, 1.807) is 6.07 Å². The zero-order chi connectivity index (χ0) is 14.4. The molecular weight excluding hydrogens is 253 g/mol. The van der Waals surface area contributed by atoms with Gasteiger partial charge in [0.05, 0.1) is 6.61 Å². The maximum absolute atomic E-state index is 13.8. The Morgan fingerprint density at radius 1 is 1.40 bits per heavy atom. The third-order valence-corrected chi connectivity index (χ3v) is 3.72. The van der Waals surface area contributed by atoms with Crippen LogP contribution in [0.1, 0.15) is 50.7 Å². The van der Waals surface area contributed by atoms with Crippen LogP contribution in [0.25, 0.3) is 0 Å². The summed E-state index contributed by atoms with van der Waals surface area (Å²) >= 11 is 0. The van der Waals surface area contributed by atoms with Crippen LogP contribution in [-0.4, -0.2) is 12.6 Å². The molecule has 1 unspecified atom stereocenters. The first-order chi connectivity index (χ1) is 9.69. The Morgan fingerprint density at radius 2 is 2.20 bits per heavy atom. The van der Waals surface area contributed by atoms with Crippen LogP contribution in [0.2, 0.25) is 0 Å². The van der Waals surface area contributed by atoms with Gasteiger partial charge in [-0.05, 0) is 42.9 Å². The van der Waals surface area contributed by atoms with Crippen molar-refractivity contribution in [2.24, 2.45) is 5.92 Å². The maximum atomic E-state index is 13.8. The molecule has 2 nitrogen and oxygen atoms in total. The third-order valence-electron chi connectivity index (χ3n) is 3.72. The van der Waals surface area contributed by atoms with Crippen LogP contribution in [0.15, 0.2) is 18.2 Å². The van der Waals surface area contributed by atoms with Crippen molar-refractivity contribution in [3.05, 3.63) is 35.1 Å². The van der Waals surface area contributed by atoms with E-state index in [1.165, 1.54) is 19.3 Å². The minimum atomic E-state index is -0.164. The number of ether oxygens (including phenoxy) is 1. The van der Waals surface area contributed by atoms with Crippen molar-refractivity contribution in [2.75, 3.05) is 6.61 Å². The fourth-order valence-corrected chi connectivity index (χ4v) is 2.34. The quantitative estimate of drug-likeness (QED) is 0.737. The summed E-state index contributed by atoms with van der Waals surface area (Å²) in [6, 6.07) is 6.01. The SMILES string of the molecule is CCCC(C)COCc1cc(CNC2CC2)ccc1F. The summed E-state index contributed by atoms with van der Waals surface area (Å²) in [6.07, 6.45) is 4.87. The summed E-state index contributed by atoms with van der Waals surface area (Å²) < 4.78 is 19.4. The largest absolute Gasteiger partial charge is 0.376 e. The van der Waals surface area contributed by atoms with Crippen molar-refractivity contribution in [3.8, 4) is 0 Å². The maximum Gasteiger partial charge on any atom is 0.128 e. The molecule has 112 valence electrons. The number of hydrogen-bond acceptors (Lipinski definition) is 2. The number of halogens is 1. The van der Waals surface area contributed by atoms with E-state index in [1.807, 2.05) is 12.1 Å². The van der Waals surface area contributed by atoms with Gasteiger partial charge in [0.25, 0.3) is 0 Å². The Hall–Kier alpha value is -0.930. The molecule has 1 aliphatic rings. The summed E-state index contributed by atoms with van der Waals surface area (Å²) in [5.41, 5.74) is 1.81. The minimum Gasteiger partial charge on any atom is -0.376 e. The Balaban J connectivity index is 1.80. The monoisotopic (exact) mass is 279 g/mol. The summed E-state index contributed by atoms with van der Waals surface area (Å²) in [4.78, 5) is 0. The molecule has 0 spiro atoms. The van der Waals surface area contributed by atoms with Crippen molar-refractivity contribution in [3.63, 3.8) is 0 Å². The fraction of sp³-hybridized carbons (Fsp3) is 0.647. The highest BCUT2D eigenvalue weighted by molar-refractivity contribution is 5.24. The number of rotatable bonds is 9. The summed E-state index contributed by atoms with van der Waals surface area (Å²) in [6.45, 7) is 6.25. The lowest BCUT2D eigenvalue weighted by Gasteiger charge is -2.12. The average molecular weight is 279 g/mol. The Morgan fingerprint density at radius 3 is 2.90 bits per heavy atom. The molecule has 0 amide bonds. The molecule has 1 saturated carbocycles. The van der Waals surface area contributed by atoms with Gasteiger partial charge in [0.15, 0.2) is 0 Å². The van der Waals surface area contributed by atoms with Crippen LogP contribution < -0.4 is 5.32 Å². The number of hydrogen-bond donors (Lipinski definition) is 1. The Bertz CT molecular complexity index is 417. The van der Waals surface area contributed by atoms with Crippen LogP contribution >= 0.6 is 0 Å². The van der Waals surface area contributed by atoms with E-state index >= 15 is 0 Å². The van der Waals surface area contributed by atoms with E-state index in [2.05, 4.69) is 19.2 Å². The van der Waals surface area contributed by atoms with E-state index in [9.17, 15) is 4.39 Å². The summed E-state index contributed by atoms with van der Waals surface area (Å²) in [5, 5.41) is 3.45. The van der Waals surface area contributed by atoms with Gasteiger partial charge in [-0.3, -0.25) is 0 Å². The molecule has 1 N–H and O–H groups in total. The average Bonchev–Trinajstić information content (AvgIpc) is 3.24. The van der Waals surface area contributed by atoms with Gasteiger partial charge >= 0.3 is 0 Å². The fourth-order valence-electron chi connectivity index (χ4n) is 2.34. The normalized spacial score (nSPS) is 16.4. The zero-order valence-electron chi connectivity index (χ0n) is 12.6. The van der Waals surface area contributed by atoms with Crippen molar-refractivity contribution in [1.29, 1.82) is 0 Å². The van der Waals surface area contributed by atoms with Gasteiger partial charge < -0.3 is 10.1 Å². The standard InChI is InChI=1S/C17H26FNO/c1-3-4-13(2)11-20-12-15-9-14(5-8-17(15)18)10-19-16-6-7-16/h5,8-9,13,16,19H,3-4,6-7,10-12H2,1-2H3. The predicted octanol–water partition coefficient (Wildman–Crippen LogP) is 4.03. The smallest absolute Gasteiger partial charge is 0.128 e. The summed E-state index contributed by atoms with van der Waals surface area (Å²) in [5.74, 6) is 0.381. The second kappa shape index (κ2) is 7.75. The van der Waals surface area contributed by atoms with Gasteiger partial charge in [-0.1, -0.05) is 26.3 Å². The van der Waals surface area contributed by atoms with Crippen molar-refractivity contribution in [1.82, 2.24) is 5.32 Å². The van der Waals surface area contributed by atoms with Gasteiger partial charge in [-0.25, -0.2) is 4.39 Å². The molecule has 20 heavy (non-hydrogen) atoms. The van der Waals surface area contributed by atoms with Gasteiger partial charge in [0, 0.05) is 24.8 Å². The molecule has 1 aromatic rings. The van der Waals surface area contributed by atoms with Crippen LogP contribution in [0.5, 0.6) is 0 Å². The first-order valence-corrected chi connectivity index (χ1v) is 7.77. The lowest BCUT2D eigenvalue weighted by Crippen LogP contribution is -2.15. The second-order valence-electron chi connectivity index (χ2n) is 5.99. The molecule has 1 fully saturated rings. The Labute approximate surface area is 121 Å². The highest BCUT2D eigenvalue weighted by Gasteiger charge is 2.20. The van der Waals surface area contributed by atoms with Crippen LogP contribution in [-0.2, 0) is 17.9 Å². The molecule has 1 aliphatic carbocycles. The van der Waals surface area contributed by atoms with Gasteiger partial charge in [0.1, 0.15) is 5.82 Å². The van der Waals surface area contributed by atoms with Gasteiger partial charge in [-0.2, -0.15) is 0 Å². The topological polar surface area (TPSA) is 21.3 Å². The second-order valence-corrected chi connectivity index (χ2v) is 5.99. The summed E-state index contributed by atoms with van der Waals surface area (Å²) in [7, 11) is 0. The number of nitrogens with one attached hydrogen (secondary N) is 1. The molecular formula is C17H26FNO. The molecule has 0 aliphatic heterocycles. The molecule has 0 radical (unpaired) electrons. The van der Waals surface area contributed by atoms with Gasteiger partial charge in [0.2, 0.25) is 0 Å². The molecule has 0 bridgehead atoms. The number of benzene rings is 1. The van der Waals surface area contributed by atoms with Crippen LogP contribution in [0, 0.1) is 11.7 Å². The Kier molecular flexibility index (Phi) is 5.99. The van der Waals surface area contributed by atoms with Gasteiger partial charge in [-0.15, -0.1) is 0 Å². The zero-order valence-corrected chi connectivity index (χ0v) is 12.6. The van der Waals surface area contributed by atoms with Crippen molar-refractivity contribution < 1.29 is 9.13 Å². The third kappa shape index (κ3) is 5.22. The minimum absolute atomic E-state index is 0.164. The first-order valence-electron chi connectivity index (χ1n) is 7.77. The first kappa shape index (κ1) is 15.5. The molecule has 2 rings (SSSR count). The predicted molar refractivity (Wildman–Crippen MR) is 80.0 cm³/mol. The highest BCUT2D eigenvalue weighted by atomic mass is 19.1. The van der Waals surface area contributed by atoms with Crippen molar-refractivity contribution >= 4 is 0 Å². The van der Waals surface area contributed by atoms with Crippen molar-refractivity contribution in [2.45, 2.75) is 58.7 Å². The van der Waals surface area contributed by atoms with Crippen LogP contribution in [0.3, 0.4) is 0 Å². The molecule has 3 heteroatoms. The van der Waals surface area contributed by atoms with E-state index < -0.39 is 0 Å². The van der Waals surface area contributed by atoms with E-state index in [-0.39, 0.29) is 5.82 Å². The van der Waals surface area contributed by atoms with E-state index in [0.29, 0.717) is 30.7 Å². The molecule has 0 heterocycles. The lowest BCUT2D eigenvalue weighted by atomic mass is 10.1. The lowest BCUT2D eigenvalue weighted by molar-refractivity contribution is 0.0874. The van der Waals surface area contributed by atoms with E-state index in [0.717, 1.165) is 18.5 Å². The molecule has 1 atom stereocenters. The molecule has 0 aromatic heterocycles. The van der Waals surface area contributed by atoms with Crippen LogP contribution in [0.4, 0.5) is 4.39 Å². The van der Waals surface area contributed by atoms with E-state index in [4.69, 9.17) is 4.74 Å². The molecule has 0 saturated heterocycles.